The van der Waals surface area contributed by atoms with Crippen molar-refractivity contribution >= 4 is 10.8 Å². The fourth-order valence-electron chi connectivity index (χ4n) is 8.78. The maximum atomic E-state index is 6.77. The Morgan fingerprint density at radius 3 is 1.87 bits per heavy atom. The van der Waals surface area contributed by atoms with Crippen LogP contribution < -0.4 is 4.74 Å². The van der Waals surface area contributed by atoms with Crippen molar-refractivity contribution < 1.29 is 4.74 Å². The summed E-state index contributed by atoms with van der Waals surface area (Å²) < 4.78 is 6.77. The second kappa shape index (κ2) is 8.61. The molecule has 0 N–H and O–H groups in total. The van der Waals surface area contributed by atoms with Crippen LogP contribution in [0.2, 0.25) is 0 Å². The minimum Gasteiger partial charge on any atom is -0.456 e. The quantitative estimate of drug-likeness (QED) is 0.189. The van der Waals surface area contributed by atoms with E-state index < -0.39 is 5.41 Å². The van der Waals surface area contributed by atoms with Gasteiger partial charge in [-0.3, -0.25) is 0 Å². The molecule has 212 valence electrons. The zero-order valence-electron chi connectivity index (χ0n) is 25.3. The van der Waals surface area contributed by atoms with E-state index in [-0.39, 0.29) is 5.41 Å². The summed E-state index contributed by atoms with van der Waals surface area (Å²) >= 11 is 0. The molecule has 7 aromatic carbocycles. The molecule has 1 heterocycles. The van der Waals surface area contributed by atoms with E-state index >= 15 is 0 Å². The number of para-hydroxylation sites is 2. The average Bonchev–Trinajstić information content (AvgIpc) is 3.55. The molecule has 1 aliphatic heterocycles. The summed E-state index contributed by atoms with van der Waals surface area (Å²) in [6.45, 7) is 4.62. The van der Waals surface area contributed by atoms with Crippen molar-refractivity contribution in [2.45, 2.75) is 24.7 Å². The van der Waals surface area contributed by atoms with Gasteiger partial charge in [0.25, 0.3) is 0 Å². The van der Waals surface area contributed by atoms with Crippen LogP contribution in [0.1, 0.15) is 47.2 Å². The number of fused-ring (bicyclic) bond motifs is 14. The fourth-order valence-corrected chi connectivity index (χ4v) is 8.78. The van der Waals surface area contributed by atoms with E-state index in [2.05, 4.69) is 159 Å². The van der Waals surface area contributed by atoms with Crippen LogP contribution in [0.3, 0.4) is 0 Å². The molecule has 1 nitrogen and oxygen atoms in total. The Hall–Kier alpha value is -5.40. The van der Waals surface area contributed by atoms with Crippen LogP contribution in [0.15, 0.2) is 146 Å². The molecule has 3 aliphatic rings. The predicted molar refractivity (Wildman–Crippen MR) is 184 cm³/mol. The molecule has 0 aromatic heterocycles. The van der Waals surface area contributed by atoms with Gasteiger partial charge >= 0.3 is 0 Å². The van der Waals surface area contributed by atoms with Crippen molar-refractivity contribution in [2.24, 2.45) is 0 Å². The van der Waals surface area contributed by atoms with Crippen LogP contribution in [0.25, 0.3) is 44.2 Å². The van der Waals surface area contributed by atoms with E-state index in [0.717, 1.165) is 17.1 Å². The Morgan fingerprint density at radius 1 is 0.444 bits per heavy atom. The largest absolute Gasteiger partial charge is 0.456 e. The lowest BCUT2D eigenvalue weighted by Gasteiger charge is -2.35. The van der Waals surface area contributed by atoms with Crippen LogP contribution in [0.4, 0.5) is 0 Å². The zero-order chi connectivity index (χ0) is 29.9. The highest BCUT2D eigenvalue weighted by Crippen LogP contribution is 2.64. The van der Waals surface area contributed by atoms with Gasteiger partial charge < -0.3 is 4.74 Å². The van der Waals surface area contributed by atoms with Crippen LogP contribution in [-0.4, -0.2) is 0 Å². The molecule has 1 unspecified atom stereocenters. The predicted octanol–water partition coefficient (Wildman–Crippen LogP) is 11.3. The molecule has 1 heteroatoms. The third kappa shape index (κ3) is 3.03. The highest BCUT2D eigenvalue weighted by atomic mass is 16.5. The van der Waals surface area contributed by atoms with Crippen molar-refractivity contribution in [1.29, 1.82) is 0 Å². The van der Waals surface area contributed by atoms with Crippen LogP contribution >= 0.6 is 0 Å². The van der Waals surface area contributed by atoms with Gasteiger partial charge in [0.1, 0.15) is 11.5 Å². The van der Waals surface area contributed by atoms with Gasteiger partial charge in [0.05, 0.1) is 5.41 Å². The van der Waals surface area contributed by atoms with E-state index in [1.807, 2.05) is 0 Å². The maximum absolute atomic E-state index is 6.77. The van der Waals surface area contributed by atoms with Gasteiger partial charge in [-0.15, -0.1) is 0 Å². The number of ether oxygens (including phenoxy) is 1. The van der Waals surface area contributed by atoms with Gasteiger partial charge in [0, 0.05) is 22.1 Å². The van der Waals surface area contributed by atoms with Crippen molar-refractivity contribution in [1.82, 2.24) is 0 Å². The van der Waals surface area contributed by atoms with Crippen LogP contribution in [0.5, 0.6) is 11.5 Å². The van der Waals surface area contributed by atoms with Crippen molar-refractivity contribution in [3.05, 3.63) is 179 Å². The Labute approximate surface area is 263 Å². The number of hydrogen-bond donors (Lipinski definition) is 0. The van der Waals surface area contributed by atoms with Crippen molar-refractivity contribution in [2.75, 3.05) is 0 Å². The molecule has 0 fully saturated rings. The van der Waals surface area contributed by atoms with E-state index in [1.54, 1.807) is 0 Å². The van der Waals surface area contributed by atoms with Gasteiger partial charge in [-0.25, -0.2) is 0 Å². The molecule has 1 spiro atoms. The lowest BCUT2D eigenvalue weighted by atomic mass is 9.69. The van der Waals surface area contributed by atoms with Crippen LogP contribution in [0, 0.1) is 0 Å². The third-order valence-corrected chi connectivity index (χ3v) is 10.7. The molecule has 1 atom stereocenters. The molecule has 0 radical (unpaired) electrons. The SMILES string of the molecule is CC1(C)c2ccccc2Oc2c(-c3ccc4c(c3)C3(c5ccccc5-4)c4ccccc4-c4ccc5ccccc5c43)cccc21. The molecule has 0 saturated carbocycles. The summed E-state index contributed by atoms with van der Waals surface area (Å²) in [5.74, 6) is 1.90. The molecule has 0 amide bonds. The van der Waals surface area contributed by atoms with E-state index in [4.69, 9.17) is 4.74 Å². The molecule has 2 aliphatic carbocycles. The molecule has 45 heavy (non-hydrogen) atoms. The molecule has 0 bridgehead atoms. The van der Waals surface area contributed by atoms with E-state index in [0.29, 0.717) is 0 Å². The first-order valence-corrected chi connectivity index (χ1v) is 15.9. The first kappa shape index (κ1) is 25.0. The minimum absolute atomic E-state index is 0.170. The Morgan fingerprint density at radius 2 is 1.04 bits per heavy atom. The van der Waals surface area contributed by atoms with Gasteiger partial charge in [0.2, 0.25) is 0 Å². The topological polar surface area (TPSA) is 9.23 Å². The smallest absolute Gasteiger partial charge is 0.139 e. The highest BCUT2D eigenvalue weighted by Gasteiger charge is 2.52. The molecule has 10 rings (SSSR count). The second-order valence-corrected chi connectivity index (χ2v) is 13.2. The van der Waals surface area contributed by atoms with E-state index in [1.165, 1.54) is 72.0 Å². The molecular formula is C44H30O. The molecule has 7 aromatic rings. The lowest BCUT2D eigenvalue weighted by molar-refractivity contribution is 0.419. The van der Waals surface area contributed by atoms with Crippen molar-refractivity contribution in [3.63, 3.8) is 0 Å². The van der Waals surface area contributed by atoms with E-state index in [9.17, 15) is 0 Å². The number of rotatable bonds is 1. The summed E-state index contributed by atoms with van der Waals surface area (Å²) in [4.78, 5) is 0. The Kier molecular flexibility index (Phi) is 4.78. The minimum atomic E-state index is -0.420. The Balaban J connectivity index is 1.30. The first-order chi connectivity index (χ1) is 22.1. The van der Waals surface area contributed by atoms with Gasteiger partial charge in [-0.05, 0) is 73.0 Å². The zero-order valence-corrected chi connectivity index (χ0v) is 25.3. The number of hydrogen-bond acceptors (Lipinski definition) is 1. The summed E-state index contributed by atoms with van der Waals surface area (Å²) in [5, 5.41) is 2.59. The van der Waals surface area contributed by atoms with Crippen LogP contribution in [-0.2, 0) is 10.8 Å². The standard InChI is InChI=1S/C44H30O/c1-43(2)37-19-9-10-21-40(37)45-42-30(16-11-20-38(42)43)28-23-24-33-31-14-5-7-17-35(31)44(39(33)26-28)36-18-8-6-15-32(36)34-25-22-27-12-3-4-13-29(27)41(34)44/h3-26H,1-2H3. The highest BCUT2D eigenvalue weighted by molar-refractivity contribution is 6.04. The normalized spacial score (nSPS) is 17.6. The summed E-state index contributed by atoms with van der Waals surface area (Å²) in [5.41, 5.74) is 14.9. The summed E-state index contributed by atoms with van der Waals surface area (Å²) in [6.07, 6.45) is 0. The average molecular weight is 575 g/mol. The molecule has 0 saturated heterocycles. The van der Waals surface area contributed by atoms with Crippen molar-refractivity contribution in [3.8, 4) is 44.9 Å². The summed E-state index contributed by atoms with van der Waals surface area (Å²) in [7, 11) is 0. The lowest BCUT2D eigenvalue weighted by Crippen LogP contribution is -2.26. The Bertz CT molecular complexity index is 2380. The van der Waals surface area contributed by atoms with Gasteiger partial charge in [-0.2, -0.15) is 0 Å². The second-order valence-electron chi connectivity index (χ2n) is 13.2. The molecular weight excluding hydrogens is 544 g/mol. The monoisotopic (exact) mass is 574 g/mol. The van der Waals surface area contributed by atoms with Gasteiger partial charge in [0.15, 0.2) is 0 Å². The summed E-state index contributed by atoms with van der Waals surface area (Å²) in [6, 6.07) is 53.9. The maximum Gasteiger partial charge on any atom is 0.139 e. The first-order valence-electron chi connectivity index (χ1n) is 15.9. The third-order valence-electron chi connectivity index (χ3n) is 10.7. The fraction of sp³-hybridized carbons (Fsp3) is 0.0909. The number of benzene rings is 7. The van der Waals surface area contributed by atoms with Gasteiger partial charge in [-0.1, -0.05) is 147 Å².